The maximum Gasteiger partial charge on any atom is 0.0726 e. The van der Waals surface area contributed by atoms with Gasteiger partial charge >= 0.3 is 0 Å². The zero-order valence-corrected chi connectivity index (χ0v) is 13.4. The Hall–Kier alpha value is -1.12. The maximum atomic E-state index is 6.38. The van der Waals surface area contributed by atoms with Gasteiger partial charge in [0.15, 0.2) is 0 Å². The maximum absolute atomic E-state index is 6.38. The van der Waals surface area contributed by atoms with Crippen LogP contribution in [0.4, 0.5) is 0 Å². The molecule has 4 rings (SSSR count). The number of fused-ring (bicyclic) bond motifs is 2. The van der Waals surface area contributed by atoms with E-state index in [0.717, 1.165) is 19.7 Å². The molecule has 0 amide bonds. The molecule has 1 aromatic rings. The fourth-order valence-electron chi connectivity index (χ4n) is 4.56. The van der Waals surface area contributed by atoms with Gasteiger partial charge in [-0.25, -0.2) is 0 Å². The Balaban J connectivity index is 1.83. The number of nitrogens with one attached hydrogen (secondary N) is 1. The Morgan fingerprint density at radius 1 is 0.955 bits per heavy atom. The van der Waals surface area contributed by atoms with Gasteiger partial charge in [0.2, 0.25) is 0 Å². The predicted octanol–water partition coefficient (Wildman–Crippen LogP) is 4.30. The topological polar surface area (TPSA) is 21.3 Å². The largest absolute Gasteiger partial charge is 0.373 e. The van der Waals surface area contributed by atoms with Gasteiger partial charge in [0.25, 0.3) is 0 Å². The molecule has 118 valence electrons. The molecule has 2 nitrogen and oxygen atoms in total. The van der Waals surface area contributed by atoms with Crippen molar-refractivity contribution in [3.63, 3.8) is 0 Å². The minimum absolute atomic E-state index is 0.437. The van der Waals surface area contributed by atoms with E-state index in [9.17, 15) is 0 Å². The first-order chi connectivity index (χ1) is 10.9. The van der Waals surface area contributed by atoms with Crippen LogP contribution in [0.2, 0.25) is 0 Å². The molecular formula is C20H27NO. The van der Waals surface area contributed by atoms with Crippen molar-refractivity contribution in [2.24, 2.45) is 5.92 Å². The first-order valence-electron chi connectivity index (χ1n) is 9.06. The monoisotopic (exact) mass is 297 g/mol. The van der Waals surface area contributed by atoms with Crippen molar-refractivity contribution >= 4 is 5.57 Å². The van der Waals surface area contributed by atoms with E-state index >= 15 is 0 Å². The summed E-state index contributed by atoms with van der Waals surface area (Å²) in [5, 5.41) is 3.51. The van der Waals surface area contributed by atoms with Crippen molar-refractivity contribution in [2.45, 2.75) is 57.7 Å². The van der Waals surface area contributed by atoms with Gasteiger partial charge in [-0.3, -0.25) is 0 Å². The van der Waals surface area contributed by atoms with E-state index in [1.165, 1.54) is 56.1 Å². The van der Waals surface area contributed by atoms with E-state index in [4.69, 9.17) is 4.74 Å². The summed E-state index contributed by atoms with van der Waals surface area (Å²) in [7, 11) is 0. The van der Waals surface area contributed by atoms with Crippen molar-refractivity contribution in [3.8, 4) is 0 Å². The first-order valence-corrected chi connectivity index (χ1v) is 9.06. The van der Waals surface area contributed by atoms with E-state index in [1.807, 2.05) is 0 Å². The molecule has 2 heterocycles. The Labute approximate surface area is 133 Å². The number of ether oxygens (including phenoxy) is 1. The molecule has 22 heavy (non-hydrogen) atoms. The molecule has 0 bridgehead atoms. The summed E-state index contributed by atoms with van der Waals surface area (Å²) in [5.74, 6) is 0.624. The zero-order valence-electron chi connectivity index (χ0n) is 13.4. The third-order valence-electron chi connectivity index (χ3n) is 5.67. The van der Waals surface area contributed by atoms with E-state index < -0.39 is 0 Å². The molecule has 2 heteroatoms. The third kappa shape index (κ3) is 2.75. The summed E-state index contributed by atoms with van der Waals surface area (Å²) in [4.78, 5) is 0. The molecule has 1 aliphatic carbocycles. The zero-order chi connectivity index (χ0) is 14.8. The second-order valence-corrected chi connectivity index (χ2v) is 7.02. The van der Waals surface area contributed by atoms with Gasteiger partial charge < -0.3 is 10.1 Å². The highest BCUT2D eigenvalue weighted by Crippen LogP contribution is 2.43. The summed E-state index contributed by atoms with van der Waals surface area (Å²) >= 11 is 0. The molecule has 0 radical (unpaired) electrons. The third-order valence-corrected chi connectivity index (χ3v) is 5.67. The number of rotatable bonds is 0. The smallest absolute Gasteiger partial charge is 0.0726 e. The molecule has 3 aliphatic rings. The summed E-state index contributed by atoms with van der Waals surface area (Å²) in [6, 6.07) is 8.98. The molecule has 0 spiro atoms. The van der Waals surface area contributed by atoms with Gasteiger partial charge in [0, 0.05) is 5.92 Å². The summed E-state index contributed by atoms with van der Waals surface area (Å²) < 4.78 is 6.38. The Kier molecular flexibility index (Phi) is 4.31. The van der Waals surface area contributed by atoms with Gasteiger partial charge in [0.05, 0.1) is 12.7 Å². The van der Waals surface area contributed by atoms with Gasteiger partial charge in [-0.1, -0.05) is 49.1 Å². The molecular weight excluding hydrogens is 270 g/mol. The SMILES string of the molecule is c1ccc2c(c1)COC1CCCCCC1C2=C1CCNCC1. The van der Waals surface area contributed by atoms with Gasteiger partial charge in [0.1, 0.15) is 0 Å². The predicted molar refractivity (Wildman–Crippen MR) is 90.6 cm³/mol. The van der Waals surface area contributed by atoms with Crippen molar-refractivity contribution < 1.29 is 4.74 Å². The highest BCUT2D eigenvalue weighted by molar-refractivity contribution is 5.74. The molecule has 2 unspecified atom stereocenters. The standard InChI is InChI=1S/C20H27NO/c1-2-8-18-19(9-3-1)22-14-16-6-4-5-7-17(16)20(18)15-10-12-21-13-11-15/h4-7,18-19,21H,1-3,8-14H2. The minimum atomic E-state index is 0.437. The molecule has 1 saturated heterocycles. The molecule has 1 saturated carbocycles. The average molecular weight is 297 g/mol. The van der Waals surface area contributed by atoms with Crippen molar-refractivity contribution in [1.82, 2.24) is 5.32 Å². The molecule has 2 aliphatic heterocycles. The summed E-state index contributed by atoms with van der Waals surface area (Å²) in [5.41, 5.74) is 6.26. The Bertz CT molecular complexity index is 555. The van der Waals surface area contributed by atoms with Crippen LogP contribution in [0.1, 0.15) is 56.1 Å². The average Bonchev–Trinajstić information content (AvgIpc) is 2.88. The van der Waals surface area contributed by atoms with Crippen molar-refractivity contribution in [3.05, 3.63) is 41.0 Å². The molecule has 0 aromatic heterocycles. The van der Waals surface area contributed by atoms with Crippen LogP contribution in [-0.4, -0.2) is 19.2 Å². The Morgan fingerprint density at radius 2 is 1.77 bits per heavy atom. The number of hydrogen-bond acceptors (Lipinski definition) is 2. The molecule has 1 N–H and O–H groups in total. The van der Waals surface area contributed by atoms with Crippen LogP contribution >= 0.6 is 0 Å². The summed E-state index contributed by atoms with van der Waals surface area (Å²) in [6.07, 6.45) is 9.50. The fraction of sp³-hybridized carbons (Fsp3) is 0.600. The normalized spacial score (nSPS) is 29.3. The lowest BCUT2D eigenvalue weighted by atomic mass is 9.79. The van der Waals surface area contributed by atoms with Crippen LogP contribution < -0.4 is 5.32 Å². The van der Waals surface area contributed by atoms with Crippen LogP contribution in [-0.2, 0) is 11.3 Å². The lowest BCUT2D eigenvalue weighted by Gasteiger charge is -2.29. The van der Waals surface area contributed by atoms with Crippen LogP contribution in [0.15, 0.2) is 29.8 Å². The van der Waals surface area contributed by atoms with Gasteiger partial charge in [-0.2, -0.15) is 0 Å². The summed E-state index contributed by atoms with van der Waals surface area (Å²) in [6.45, 7) is 3.07. The number of benzene rings is 1. The van der Waals surface area contributed by atoms with E-state index in [0.29, 0.717) is 12.0 Å². The van der Waals surface area contributed by atoms with Gasteiger partial charge in [-0.15, -0.1) is 0 Å². The first kappa shape index (κ1) is 14.5. The van der Waals surface area contributed by atoms with Crippen LogP contribution in [0, 0.1) is 5.92 Å². The number of piperidine rings is 1. The highest BCUT2D eigenvalue weighted by Gasteiger charge is 2.33. The molecule has 1 aromatic carbocycles. The van der Waals surface area contributed by atoms with E-state index in [-0.39, 0.29) is 0 Å². The van der Waals surface area contributed by atoms with Crippen LogP contribution in [0.25, 0.3) is 5.57 Å². The quantitative estimate of drug-likeness (QED) is 0.771. The lowest BCUT2D eigenvalue weighted by Crippen LogP contribution is -2.27. The van der Waals surface area contributed by atoms with Crippen molar-refractivity contribution in [1.29, 1.82) is 0 Å². The lowest BCUT2D eigenvalue weighted by molar-refractivity contribution is 0.0156. The second-order valence-electron chi connectivity index (χ2n) is 7.02. The van der Waals surface area contributed by atoms with Gasteiger partial charge in [-0.05, 0) is 55.5 Å². The van der Waals surface area contributed by atoms with Crippen LogP contribution in [0.5, 0.6) is 0 Å². The van der Waals surface area contributed by atoms with E-state index in [1.54, 1.807) is 11.1 Å². The highest BCUT2D eigenvalue weighted by atomic mass is 16.5. The van der Waals surface area contributed by atoms with Crippen molar-refractivity contribution in [2.75, 3.05) is 13.1 Å². The molecule has 2 fully saturated rings. The second kappa shape index (κ2) is 6.55. The number of hydrogen-bond donors (Lipinski definition) is 1. The fourth-order valence-corrected chi connectivity index (χ4v) is 4.56. The minimum Gasteiger partial charge on any atom is -0.373 e. The van der Waals surface area contributed by atoms with E-state index in [2.05, 4.69) is 29.6 Å². The van der Waals surface area contributed by atoms with Crippen LogP contribution in [0.3, 0.4) is 0 Å². The Morgan fingerprint density at radius 3 is 2.68 bits per heavy atom. The molecule has 2 atom stereocenters.